The van der Waals surface area contributed by atoms with Crippen LogP contribution in [0.3, 0.4) is 0 Å². The number of phenolic OH excluding ortho intramolecular Hbond substituents is 1. The third-order valence-electron chi connectivity index (χ3n) is 5.00. The second kappa shape index (κ2) is 12.1. The number of hydrogen-bond acceptors (Lipinski definition) is 9. The lowest BCUT2D eigenvalue weighted by Gasteiger charge is -2.13. The van der Waals surface area contributed by atoms with Crippen molar-refractivity contribution >= 4 is 45.5 Å². The molecule has 9 nitrogen and oxygen atoms in total. The highest BCUT2D eigenvalue weighted by Gasteiger charge is 2.11. The highest BCUT2D eigenvalue weighted by Crippen LogP contribution is 2.31. The van der Waals surface area contributed by atoms with Gasteiger partial charge in [0, 0.05) is 28.2 Å². The molecule has 3 N–H and O–H groups in total. The molecular weight excluding hydrogens is 498 g/mol. The summed E-state index contributed by atoms with van der Waals surface area (Å²) in [6.07, 6.45) is 1.69. The van der Waals surface area contributed by atoms with Crippen LogP contribution in [0.15, 0.2) is 81.5 Å². The zero-order chi connectivity index (χ0) is 25.3. The number of carbonyl (C=O) groups excluding carboxylic acids is 1. The molecule has 0 spiro atoms. The first-order chi connectivity index (χ1) is 17.5. The Bertz CT molecular complexity index is 1390. The van der Waals surface area contributed by atoms with Crippen LogP contribution in [0.1, 0.15) is 12.5 Å². The van der Waals surface area contributed by atoms with E-state index < -0.39 is 16.7 Å². The molecule has 0 aliphatic rings. The maximum absolute atomic E-state index is 12.2. The molecule has 11 heteroatoms. The van der Waals surface area contributed by atoms with Gasteiger partial charge in [0.25, 0.3) is 0 Å². The largest absolute Gasteiger partial charge is 0.508 e. The molecular formula is C25H25N5O4S2. The zero-order valence-corrected chi connectivity index (χ0v) is 21.1. The van der Waals surface area contributed by atoms with Gasteiger partial charge in [-0.2, -0.15) is 4.98 Å². The van der Waals surface area contributed by atoms with E-state index in [1.54, 1.807) is 60.9 Å². The predicted octanol–water partition coefficient (Wildman–Crippen LogP) is 5.49. The number of benzene rings is 2. The quantitative estimate of drug-likeness (QED) is 0.212. The number of phenols is 1. The van der Waals surface area contributed by atoms with E-state index in [1.807, 2.05) is 29.6 Å². The summed E-state index contributed by atoms with van der Waals surface area (Å²) in [5, 5.41) is 18.0. The first-order valence-corrected chi connectivity index (χ1v) is 13.3. The summed E-state index contributed by atoms with van der Waals surface area (Å²) in [6.45, 7) is 2.48. The number of aromatic hydroxyl groups is 1. The van der Waals surface area contributed by atoms with Crippen LogP contribution in [-0.2, 0) is 21.8 Å². The molecule has 1 atom stereocenters. The van der Waals surface area contributed by atoms with E-state index in [9.17, 15) is 14.1 Å². The molecule has 1 amide bonds. The molecule has 0 bridgehead atoms. The molecule has 0 saturated heterocycles. The number of nitrogens with one attached hydrogen (secondary N) is 2. The molecule has 36 heavy (non-hydrogen) atoms. The van der Waals surface area contributed by atoms with Crippen LogP contribution in [0.2, 0.25) is 0 Å². The first-order valence-electron chi connectivity index (χ1n) is 11.2. The number of nitrogens with zero attached hydrogens (tertiary/aromatic N) is 3. The van der Waals surface area contributed by atoms with Gasteiger partial charge in [-0.05, 0) is 66.8 Å². The normalized spacial score (nSPS) is 11.7. The zero-order valence-electron chi connectivity index (χ0n) is 19.4. The van der Waals surface area contributed by atoms with Gasteiger partial charge in [-0.15, -0.1) is 15.7 Å². The number of ether oxygens (including phenoxy) is 1. The molecule has 0 saturated carbocycles. The minimum absolute atomic E-state index is 0.174. The highest BCUT2D eigenvalue weighted by molar-refractivity contribution is 7.75. The van der Waals surface area contributed by atoms with Crippen LogP contribution in [0, 0.1) is 0 Å². The second-order valence-corrected chi connectivity index (χ2v) is 9.73. The van der Waals surface area contributed by atoms with Crippen LogP contribution >= 0.6 is 11.3 Å². The van der Waals surface area contributed by atoms with Crippen LogP contribution in [-0.4, -0.2) is 38.5 Å². The summed E-state index contributed by atoms with van der Waals surface area (Å²) < 4.78 is 20.5. The minimum atomic E-state index is -2.24. The van der Waals surface area contributed by atoms with E-state index in [-0.39, 0.29) is 12.4 Å². The molecule has 0 radical (unpaired) electrons. The summed E-state index contributed by atoms with van der Waals surface area (Å²) >= 11 is 1.61. The molecule has 0 fully saturated rings. The summed E-state index contributed by atoms with van der Waals surface area (Å²) in [6, 6.07) is 17.8. The summed E-state index contributed by atoms with van der Waals surface area (Å²) in [4.78, 5) is 22.0. The summed E-state index contributed by atoms with van der Waals surface area (Å²) in [7, 11) is -2.24. The standard InChI is InChI=1S/C25H25N5O4S2/c1-2-34-25(32)30-36(33)20-11-7-18(8-12-20)28-24-27-16-21(22-4-3-15-35-22)23(29-24)26-14-13-17-5-9-19(31)10-6-17/h3-12,15-16,31,36H,2,13-14H2,1H3,(H2,26,27,28,29). The first kappa shape index (κ1) is 25.1. The number of rotatable bonds is 9. The Balaban J connectivity index is 1.48. The molecule has 4 rings (SSSR count). The smallest absolute Gasteiger partial charge is 0.441 e. The number of amides is 1. The van der Waals surface area contributed by atoms with Crippen molar-refractivity contribution in [2.45, 2.75) is 18.2 Å². The minimum Gasteiger partial charge on any atom is -0.508 e. The van der Waals surface area contributed by atoms with Crippen LogP contribution < -0.4 is 10.6 Å². The van der Waals surface area contributed by atoms with Crippen molar-refractivity contribution in [3.63, 3.8) is 0 Å². The van der Waals surface area contributed by atoms with Crippen molar-refractivity contribution in [2.24, 2.45) is 4.36 Å². The maximum atomic E-state index is 12.2. The average Bonchev–Trinajstić information content (AvgIpc) is 3.41. The van der Waals surface area contributed by atoms with Crippen molar-refractivity contribution in [1.29, 1.82) is 0 Å². The average molecular weight is 524 g/mol. The number of hydrogen-bond donors (Lipinski definition) is 4. The van der Waals surface area contributed by atoms with Crippen LogP contribution in [0.5, 0.6) is 5.75 Å². The summed E-state index contributed by atoms with van der Waals surface area (Å²) in [5.41, 5.74) is 2.69. The third-order valence-corrected chi connectivity index (χ3v) is 6.99. The van der Waals surface area contributed by atoms with E-state index >= 15 is 0 Å². The Hall–Kier alpha value is -3.96. The topological polar surface area (TPSA) is 126 Å². The lowest BCUT2D eigenvalue weighted by molar-refractivity contribution is 0.164. The Morgan fingerprint density at radius 3 is 2.61 bits per heavy atom. The third kappa shape index (κ3) is 6.80. The Labute approximate surface area is 214 Å². The predicted molar refractivity (Wildman–Crippen MR) is 143 cm³/mol. The molecule has 0 aliphatic carbocycles. The van der Waals surface area contributed by atoms with Crippen molar-refractivity contribution in [3.05, 3.63) is 77.8 Å². The van der Waals surface area contributed by atoms with E-state index in [2.05, 4.69) is 25.0 Å². The van der Waals surface area contributed by atoms with Crippen LogP contribution in [0.25, 0.3) is 10.4 Å². The lowest BCUT2D eigenvalue weighted by Crippen LogP contribution is -2.09. The van der Waals surface area contributed by atoms with Crippen molar-refractivity contribution in [1.82, 2.24) is 9.97 Å². The highest BCUT2D eigenvalue weighted by atomic mass is 32.2. The SMILES string of the molecule is CCOC(=O)/N=[SH](=O)/c1ccc(Nc2ncc(-c3cccs3)c(NCCc3ccc(O)cc3)n2)cc1. The molecule has 186 valence electrons. The molecule has 2 heterocycles. The van der Waals surface area contributed by atoms with E-state index in [4.69, 9.17) is 4.74 Å². The number of anilines is 3. The van der Waals surface area contributed by atoms with Gasteiger partial charge in [-0.25, -0.2) is 14.0 Å². The van der Waals surface area contributed by atoms with Gasteiger partial charge in [0.05, 0.1) is 22.8 Å². The van der Waals surface area contributed by atoms with Gasteiger partial charge in [0.1, 0.15) is 11.6 Å². The Morgan fingerprint density at radius 2 is 1.92 bits per heavy atom. The van der Waals surface area contributed by atoms with Gasteiger partial charge in [-0.3, -0.25) is 0 Å². The van der Waals surface area contributed by atoms with E-state index in [0.29, 0.717) is 28.9 Å². The summed E-state index contributed by atoms with van der Waals surface area (Å²) in [5.74, 6) is 1.34. The number of aromatic nitrogens is 2. The molecule has 2 aromatic heterocycles. The van der Waals surface area contributed by atoms with Crippen molar-refractivity contribution in [2.75, 3.05) is 23.8 Å². The van der Waals surface area contributed by atoms with Crippen molar-refractivity contribution < 1.29 is 18.8 Å². The molecule has 0 aliphatic heterocycles. The van der Waals surface area contributed by atoms with E-state index in [1.165, 1.54) is 0 Å². The van der Waals surface area contributed by atoms with Gasteiger partial charge in [0.2, 0.25) is 5.95 Å². The molecule has 2 aromatic carbocycles. The maximum Gasteiger partial charge on any atom is 0.441 e. The Kier molecular flexibility index (Phi) is 8.48. The van der Waals surface area contributed by atoms with Gasteiger partial charge in [0.15, 0.2) is 0 Å². The van der Waals surface area contributed by atoms with Crippen molar-refractivity contribution in [3.8, 4) is 16.2 Å². The van der Waals surface area contributed by atoms with E-state index in [0.717, 1.165) is 22.4 Å². The van der Waals surface area contributed by atoms with Crippen LogP contribution in [0.4, 0.5) is 22.2 Å². The fourth-order valence-corrected chi connectivity index (χ4v) is 4.73. The van der Waals surface area contributed by atoms with Gasteiger partial charge >= 0.3 is 6.09 Å². The number of carbonyl (C=O) groups is 1. The lowest BCUT2D eigenvalue weighted by atomic mass is 10.1. The molecule has 1 unspecified atom stereocenters. The fraction of sp³-hybridized carbons (Fsp3) is 0.160. The second-order valence-electron chi connectivity index (χ2n) is 7.52. The monoisotopic (exact) mass is 523 g/mol. The Morgan fingerprint density at radius 1 is 1.14 bits per heavy atom. The number of thiophene rings is 1. The molecule has 4 aromatic rings. The number of thiol groups is 1. The van der Waals surface area contributed by atoms with Gasteiger partial charge in [-0.1, -0.05) is 18.2 Å². The van der Waals surface area contributed by atoms with Gasteiger partial charge < -0.3 is 20.5 Å². The fourth-order valence-electron chi connectivity index (χ4n) is 3.26.